The number of carbonyl (C=O) groups excluding carboxylic acids is 2. The predicted molar refractivity (Wildman–Crippen MR) is 82.9 cm³/mol. The number of nitrogens with zero attached hydrogens (tertiary/aromatic N) is 1. The quantitative estimate of drug-likeness (QED) is 0.762. The summed E-state index contributed by atoms with van der Waals surface area (Å²) in [5.41, 5.74) is -0.481. The van der Waals surface area contributed by atoms with Gasteiger partial charge in [-0.15, -0.1) is 0 Å². The Labute approximate surface area is 128 Å². The van der Waals surface area contributed by atoms with Gasteiger partial charge in [0.2, 0.25) is 5.91 Å². The van der Waals surface area contributed by atoms with E-state index in [-0.39, 0.29) is 24.5 Å². The maximum Gasteiger partial charge on any atom is 0.323 e. The van der Waals surface area contributed by atoms with Crippen LogP contribution in [0.2, 0.25) is 0 Å². The van der Waals surface area contributed by atoms with E-state index in [1.807, 2.05) is 25.7 Å². The van der Waals surface area contributed by atoms with Crippen molar-refractivity contribution < 1.29 is 14.3 Å². The number of hydrogen-bond donors (Lipinski definition) is 1. The molecule has 21 heavy (non-hydrogen) atoms. The van der Waals surface area contributed by atoms with Crippen molar-refractivity contribution in [2.45, 2.75) is 65.5 Å². The van der Waals surface area contributed by atoms with E-state index in [0.29, 0.717) is 12.5 Å². The van der Waals surface area contributed by atoms with Gasteiger partial charge in [0, 0.05) is 6.54 Å². The Bertz CT molecular complexity index is 361. The Morgan fingerprint density at radius 3 is 2.57 bits per heavy atom. The fourth-order valence-electron chi connectivity index (χ4n) is 2.39. The molecule has 1 rings (SSSR count). The molecule has 1 aliphatic heterocycles. The SMILES string of the molecule is CC(C)CCNC(=O)CN1CCC[C@H]1C(=O)OC(C)(C)C. The highest BCUT2D eigenvalue weighted by molar-refractivity contribution is 5.81. The Balaban J connectivity index is 2.42. The molecule has 0 saturated carbocycles. The van der Waals surface area contributed by atoms with Gasteiger partial charge in [-0.3, -0.25) is 14.5 Å². The number of carbonyl (C=O) groups is 2. The molecule has 122 valence electrons. The van der Waals surface area contributed by atoms with Crippen molar-refractivity contribution >= 4 is 11.9 Å². The van der Waals surface area contributed by atoms with E-state index in [2.05, 4.69) is 19.2 Å². The third kappa shape index (κ3) is 6.93. The van der Waals surface area contributed by atoms with E-state index in [0.717, 1.165) is 25.8 Å². The first kappa shape index (κ1) is 18.0. The van der Waals surface area contributed by atoms with Gasteiger partial charge in [0.25, 0.3) is 0 Å². The predicted octanol–water partition coefficient (Wildman–Crippen LogP) is 1.95. The highest BCUT2D eigenvalue weighted by atomic mass is 16.6. The molecule has 0 radical (unpaired) electrons. The largest absolute Gasteiger partial charge is 0.459 e. The maximum absolute atomic E-state index is 12.2. The summed E-state index contributed by atoms with van der Waals surface area (Å²) in [7, 11) is 0. The molecule has 1 fully saturated rings. The van der Waals surface area contributed by atoms with Crippen LogP contribution in [0, 0.1) is 5.92 Å². The second-order valence-electron chi connectivity index (χ2n) is 7.19. The van der Waals surface area contributed by atoms with Crippen LogP contribution in [0.5, 0.6) is 0 Å². The third-order valence-electron chi connectivity index (χ3n) is 3.43. The van der Waals surface area contributed by atoms with Gasteiger partial charge in [-0.05, 0) is 52.5 Å². The lowest BCUT2D eigenvalue weighted by molar-refractivity contribution is -0.160. The monoisotopic (exact) mass is 298 g/mol. The lowest BCUT2D eigenvalue weighted by Crippen LogP contribution is -2.45. The summed E-state index contributed by atoms with van der Waals surface area (Å²) in [6, 6.07) is -0.278. The van der Waals surface area contributed by atoms with Gasteiger partial charge >= 0.3 is 5.97 Å². The summed E-state index contributed by atoms with van der Waals surface area (Å²) >= 11 is 0. The van der Waals surface area contributed by atoms with Crippen LogP contribution in [-0.4, -0.2) is 48.1 Å². The molecule has 5 nitrogen and oxygen atoms in total. The zero-order valence-electron chi connectivity index (χ0n) is 14.1. The van der Waals surface area contributed by atoms with Gasteiger partial charge in [0.05, 0.1) is 6.54 Å². The van der Waals surface area contributed by atoms with Crippen molar-refractivity contribution in [3.63, 3.8) is 0 Å². The Hall–Kier alpha value is -1.10. The fraction of sp³-hybridized carbons (Fsp3) is 0.875. The van der Waals surface area contributed by atoms with Gasteiger partial charge in [-0.1, -0.05) is 13.8 Å². The van der Waals surface area contributed by atoms with Gasteiger partial charge in [-0.2, -0.15) is 0 Å². The van der Waals surface area contributed by atoms with Crippen LogP contribution in [0.1, 0.15) is 53.9 Å². The summed E-state index contributed by atoms with van der Waals surface area (Å²) < 4.78 is 5.43. The summed E-state index contributed by atoms with van der Waals surface area (Å²) in [4.78, 5) is 26.0. The Morgan fingerprint density at radius 1 is 1.33 bits per heavy atom. The summed E-state index contributed by atoms with van der Waals surface area (Å²) in [5, 5.41) is 2.92. The van der Waals surface area contributed by atoms with Crippen molar-refractivity contribution in [2.24, 2.45) is 5.92 Å². The average Bonchev–Trinajstić information content (AvgIpc) is 2.74. The molecule has 0 unspecified atom stereocenters. The smallest absolute Gasteiger partial charge is 0.323 e. The summed E-state index contributed by atoms with van der Waals surface area (Å²) in [6.07, 6.45) is 2.68. The molecular formula is C16H30N2O3. The molecule has 0 aromatic rings. The van der Waals surface area contributed by atoms with Crippen molar-refractivity contribution in [1.82, 2.24) is 10.2 Å². The second-order valence-corrected chi connectivity index (χ2v) is 7.19. The van der Waals surface area contributed by atoms with E-state index in [4.69, 9.17) is 4.74 Å². The lowest BCUT2D eigenvalue weighted by atomic mass is 10.1. The normalized spacial score (nSPS) is 19.8. The van der Waals surface area contributed by atoms with Gasteiger partial charge in [-0.25, -0.2) is 0 Å². The number of amides is 1. The third-order valence-corrected chi connectivity index (χ3v) is 3.43. The summed E-state index contributed by atoms with van der Waals surface area (Å²) in [5.74, 6) is 0.354. The first-order valence-electron chi connectivity index (χ1n) is 7.92. The highest BCUT2D eigenvalue weighted by Crippen LogP contribution is 2.20. The van der Waals surface area contributed by atoms with E-state index in [1.54, 1.807) is 0 Å². The minimum Gasteiger partial charge on any atom is -0.459 e. The van der Waals surface area contributed by atoms with Crippen molar-refractivity contribution in [3.05, 3.63) is 0 Å². The molecule has 1 atom stereocenters. The Kier molecular flexibility index (Phi) is 6.65. The average molecular weight is 298 g/mol. The molecule has 5 heteroatoms. The van der Waals surface area contributed by atoms with Crippen LogP contribution in [0.3, 0.4) is 0 Å². The summed E-state index contributed by atoms with van der Waals surface area (Å²) in [6.45, 7) is 11.6. The molecule has 1 heterocycles. The number of nitrogens with one attached hydrogen (secondary N) is 1. The van der Waals surface area contributed by atoms with Gasteiger partial charge in [0.15, 0.2) is 0 Å². The zero-order chi connectivity index (χ0) is 16.0. The standard InChI is InChI=1S/C16H30N2O3/c1-12(2)8-9-17-14(19)11-18-10-6-7-13(18)15(20)21-16(3,4)5/h12-13H,6-11H2,1-5H3,(H,17,19)/t13-/m0/s1. The molecule has 0 aliphatic carbocycles. The van der Waals surface area contributed by atoms with Gasteiger partial charge < -0.3 is 10.1 Å². The number of esters is 1. The Morgan fingerprint density at radius 2 is 2.00 bits per heavy atom. The fourth-order valence-corrected chi connectivity index (χ4v) is 2.39. The zero-order valence-corrected chi connectivity index (χ0v) is 14.1. The van der Waals surface area contributed by atoms with Crippen LogP contribution in [0.15, 0.2) is 0 Å². The topological polar surface area (TPSA) is 58.6 Å². The van der Waals surface area contributed by atoms with E-state index in [9.17, 15) is 9.59 Å². The molecule has 1 aliphatic rings. The lowest BCUT2D eigenvalue weighted by Gasteiger charge is -2.27. The number of rotatable bonds is 6. The second kappa shape index (κ2) is 7.78. The van der Waals surface area contributed by atoms with Crippen LogP contribution >= 0.6 is 0 Å². The van der Waals surface area contributed by atoms with Crippen molar-refractivity contribution in [1.29, 1.82) is 0 Å². The van der Waals surface area contributed by atoms with Crippen molar-refractivity contribution in [3.8, 4) is 0 Å². The first-order chi connectivity index (χ1) is 9.69. The van der Waals surface area contributed by atoms with E-state index >= 15 is 0 Å². The number of likely N-dealkylation sites (tertiary alicyclic amines) is 1. The van der Waals surface area contributed by atoms with Gasteiger partial charge in [0.1, 0.15) is 11.6 Å². The van der Waals surface area contributed by atoms with E-state index in [1.165, 1.54) is 0 Å². The first-order valence-corrected chi connectivity index (χ1v) is 7.92. The highest BCUT2D eigenvalue weighted by Gasteiger charge is 2.34. The molecule has 0 spiro atoms. The van der Waals surface area contributed by atoms with Crippen LogP contribution < -0.4 is 5.32 Å². The molecule has 1 amide bonds. The van der Waals surface area contributed by atoms with Crippen LogP contribution in [0.25, 0.3) is 0 Å². The minimum atomic E-state index is -0.481. The maximum atomic E-state index is 12.2. The molecule has 0 aromatic heterocycles. The number of hydrogen-bond acceptors (Lipinski definition) is 4. The molecule has 0 aromatic carbocycles. The van der Waals surface area contributed by atoms with Crippen LogP contribution in [0.4, 0.5) is 0 Å². The van der Waals surface area contributed by atoms with Crippen LogP contribution in [-0.2, 0) is 14.3 Å². The molecule has 1 saturated heterocycles. The molecular weight excluding hydrogens is 268 g/mol. The molecule has 0 bridgehead atoms. The molecule has 1 N–H and O–H groups in total. The van der Waals surface area contributed by atoms with Crippen molar-refractivity contribution in [2.75, 3.05) is 19.6 Å². The minimum absolute atomic E-state index is 0.00823. The van der Waals surface area contributed by atoms with E-state index < -0.39 is 5.60 Å². The number of ether oxygens (including phenoxy) is 1.